The third kappa shape index (κ3) is 4.37. The molecule has 0 aliphatic carbocycles. The van der Waals surface area contributed by atoms with Crippen molar-refractivity contribution in [3.05, 3.63) is 70.4 Å². The molecule has 0 spiro atoms. The zero-order valence-electron chi connectivity index (χ0n) is 16.0. The summed E-state index contributed by atoms with van der Waals surface area (Å²) in [5, 5.41) is 1.01. The summed E-state index contributed by atoms with van der Waals surface area (Å²) < 4.78 is 11.0. The van der Waals surface area contributed by atoms with Crippen LogP contribution in [0.3, 0.4) is 0 Å². The van der Waals surface area contributed by atoms with E-state index >= 15 is 0 Å². The van der Waals surface area contributed by atoms with Crippen LogP contribution < -0.4 is 5.73 Å². The van der Waals surface area contributed by atoms with E-state index in [4.69, 9.17) is 26.5 Å². The zero-order valence-corrected chi connectivity index (χ0v) is 17.5. The van der Waals surface area contributed by atoms with Crippen LogP contribution in [0.4, 0.5) is 5.95 Å². The summed E-state index contributed by atoms with van der Waals surface area (Å²) in [6, 6.07) is 10.0. The second-order valence-corrected chi connectivity index (χ2v) is 7.95. The first-order chi connectivity index (χ1) is 14.0. The number of nitrogens with two attached hydrogens (primary N) is 1. The van der Waals surface area contributed by atoms with Crippen LogP contribution in [0.5, 0.6) is 0 Å². The van der Waals surface area contributed by atoms with Crippen molar-refractivity contribution in [2.24, 2.45) is 0 Å². The molecular weight excluding hydrogens is 408 g/mol. The maximum Gasteiger partial charge on any atom is 0.224 e. The lowest BCUT2D eigenvalue weighted by Crippen LogP contribution is -2.09. The highest BCUT2D eigenvalue weighted by Crippen LogP contribution is 2.32. The molecule has 4 rings (SSSR count). The number of aryl methyl sites for hydroxylation is 1. The van der Waals surface area contributed by atoms with Gasteiger partial charge in [-0.05, 0) is 54.5 Å². The highest BCUT2D eigenvalue weighted by Gasteiger charge is 2.16. The van der Waals surface area contributed by atoms with Crippen molar-refractivity contribution in [1.29, 1.82) is 0 Å². The van der Waals surface area contributed by atoms with E-state index in [2.05, 4.69) is 27.1 Å². The third-order valence-corrected chi connectivity index (χ3v) is 5.92. The molecule has 0 radical (unpaired) electrons. The summed E-state index contributed by atoms with van der Waals surface area (Å²) >= 11 is 7.99. The van der Waals surface area contributed by atoms with Gasteiger partial charge in [-0.15, -0.1) is 0 Å². The number of allylic oxidation sites excluding steroid dienone is 3. The second-order valence-electron chi connectivity index (χ2n) is 6.54. The molecule has 2 N–H and O–H groups in total. The molecule has 0 saturated heterocycles. The Morgan fingerprint density at radius 2 is 2.00 bits per heavy atom. The first-order valence-corrected chi connectivity index (χ1v) is 10.2. The fraction of sp³-hybridized carbons (Fsp3) is 0.190. The average molecular weight is 427 g/mol. The fourth-order valence-electron chi connectivity index (χ4n) is 2.96. The van der Waals surface area contributed by atoms with Gasteiger partial charge in [0, 0.05) is 10.6 Å². The number of halogens is 1. The molecular formula is C21H19ClN4O2S. The van der Waals surface area contributed by atoms with Crippen LogP contribution in [0.1, 0.15) is 29.6 Å². The number of anilines is 1. The lowest BCUT2D eigenvalue weighted by atomic mass is 9.98. The van der Waals surface area contributed by atoms with Gasteiger partial charge in [0.25, 0.3) is 0 Å². The van der Waals surface area contributed by atoms with Crippen LogP contribution in [0.15, 0.2) is 62.2 Å². The number of rotatable bonds is 4. The molecule has 0 fully saturated rings. The monoisotopic (exact) mass is 426 g/mol. The van der Waals surface area contributed by atoms with Gasteiger partial charge < -0.3 is 14.9 Å². The lowest BCUT2D eigenvalue weighted by Gasteiger charge is -2.19. The smallest absolute Gasteiger partial charge is 0.224 e. The van der Waals surface area contributed by atoms with Crippen LogP contribution in [0, 0.1) is 6.92 Å². The number of furan rings is 1. The Hall–Kier alpha value is -2.61. The van der Waals surface area contributed by atoms with Crippen LogP contribution in [-0.2, 0) is 11.3 Å². The minimum atomic E-state index is 0.140. The summed E-state index contributed by atoms with van der Waals surface area (Å²) in [4.78, 5) is 13.9. The van der Waals surface area contributed by atoms with Crippen molar-refractivity contribution >= 4 is 40.5 Å². The van der Waals surface area contributed by atoms with E-state index in [9.17, 15) is 0 Å². The normalized spacial score (nSPS) is 15.9. The largest absolute Gasteiger partial charge is 0.468 e. The summed E-state index contributed by atoms with van der Waals surface area (Å²) in [5.41, 5.74) is 9.93. The van der Waals surface area contributed by atoms with E-state index in [1.54, 1.807) is 6.26 Å². The molecule has 3 aromatic rings. The fourth-order valence-corrected chi connectivity index (χ4v) is 3.96. The highest BCUT2D eigenvalue weighted by atomic mass is 35.5. The van der Waals surface area contributed by atoms with Gasteiger partial charge in [-0.1, -0.05) is 35.9 Å². The Kier molecular flexibility index (Phi) is 5.71. The lowest BCUT2D eigenvalue weighted by molar-refractivity contribution is 0.146. The minimum Gasteiger partial charge on any atom is -0.468 e. The van der Waals surface area contributed by atoms with E-state index in [0.717, 1.165) is 27.4 Å². The molecule has 148 valence electrons. The maximum absolute atomic E-state index is 6.62. The van der Waals surface area contributed by atoms with Gasteiger partial charge in [-0.3, -0.25) is 0 Å². The molecule has 1 aromatic carbocycles. The molecule has 0 atom stereocenters. The second kappa shape index (κ2) is 8.41. The topological polar surface area (TPSA) is 87.1 Å². The molecule has 1 aliphatic heterocycles. The van der Waals surface area contributed by atoms with Gasteiger partial charge >= 0.3 is 0 Å². The number of ether oxygens (including phenoxy) is 1. The standard InChI is InChI=1S/C21H19ClN4O2S/c1-12(17(22)9-15-11-27-10-14-5-3-4-6-16(14)15)19-24-20(23)26-21(25-19)29-18-7-8-28-13(18)2/h3-9H,10-11H2,1-2H3,(H2,23,24,25,26)/b15-9-,17-12-. The Labute approximate surface area is 177 Å². The van der Waals surface area contributed by atoms with Crippen molar-refractivity contribution in [3.63, 3.8) is 0 Å². The Morgan fingerprint density at radius 3 is 2.79 bits per heavy atom. The summed E-state index contributed by atoms with van der Waals surface area (Å²) in [7, 11) is 0. The SMILES string of the molecule is C/C(=C(Cl)\C=C1\COCc2ccccc21)c1nc(N)nc(Sc2ccoc2C)n1. The van der Waals surface area contributed by atoms with Gasteiger partial charge in [0.15, 0.2) is 11.0 Å². The quantitative estimate of drug-likeness (QED) is 0.621. The predicted octanol–water partition coefficient (Wildman–Crippen LogP) is 5.09. The molecule has 1 aliphatic rings. The summed E-state index contributed by atoms with van der Waals surface area (Å²) in [6.07, 6.45) is 3.53. The maximum atomic E-state index is 6.62. The number of hydrogen-bond acceptors (Lipinski definition) is 7. The number of benzene rings is 1. The van der Waals surface area contributed by atoms with E-state index < -0.39 is 0 Å². The van der Waals surface area contributed by atoms with Crippen LogP contribution in [0.25, 0.3) is 11.1 Å². The molecule has 29 heavy (non-hydrogen) atoms. The molecule has 3 heterocycles. The van der Waals surface area contributed by atoms with Gasteiger partial charge in [-0.2, -0.15) is 9.97 Å². The Balaban J connectivity index is 1.67. The summed E-state index contributed by atoms with van der Waals surface area (Å²) in [5.74, 6) is 1.37. The van der Waals surface area contributed by atoms with Crippen molar-refractivity contribution in [2.75, 3.05) is 12.3 Å². The first kappa shape index (κ1) is 19.7. The van der Waals surface area contributed by atoms with Crippen LogP contribution in [0.2, 0.25) is 0 Å². The Bertz CT molecular complexity index is 1120. The molecule has 0 amide bonds. The van der Waals surface area contributed by atoms with Crippen molar-refractivity contribution in [2.45, 2.75) is 30.5 Å². The van der Waals surface area contributed by atoms with E-state index in [0.29, 0.717) is 34.8 Å². The molecule has 8 heteroatoms. The minimum absolute atomic E-state index is 0.140. The third-order valence-electron chi connectivity index (χ3n) is 4.52. The van der Waals surface area contributed by atoms with Gasteiger partial charge in [-0.25, -0.2) is 4.98 Å². The number of aromatic nitrogens is 3. The van der Waals surface area contributed by atoms with Crippen molar-refractivity contribution < 1.29 is 9.15 Å². The van der Waals surface area contributed by atoms with E-state index in [1.165, 1.54) is 11.8 Å². The number of hydrogen-bond donors (Lipinski definition) is 1. The summed E-state index contributed by atoms with van der Waals surface area (Å²) in [6.45, 7) is 4.85. The van der Waals surface area contributed by atoms with E-state index in [1.807, 2.05) is 38.1 Å². The molecule has 0 saturated carbocycles. The molecule has 6 nitrogen and oxygen atoms in total. The average Bonchev–Trinajstić information content (AvgIpc) is 3.11. The number of nitrogen functional groups attached to an aromatic ring is 1. The van der Waals surface area contributed by atoms with Crippen LogP contribution in [-0.4, -0.2) is 21.6 Å². The van der Waals surface area contributed by atoms with Crippen LogP contribution >= 0.6 is 23.4 Å². The number of nitrogens with zero attached hydrogens (tertiary/aromatic N) is 3. The van der Waals surface area contributed by atoms with Gasteiger partial charge in [0.05, 0.1) is 24.4 Å². The van der Waals surface area contributed by atoms with Crippen molar-refractivity contribution in [3.8, 4) is 0 Å². The zero-order chi connectivity index (χ0) is 20.4. The predicted molar refractivity (Wildman–Crippen MR) is 114 cm³/mol. The van der Waals surface area contributed by atoms with Gasteiger partial charge in [0.2, 0.25) is 5.95 Å². The molecule has 0 unspecified atom stereocenters. The highest BCUT2D eigenvalue weighted by molar-refractivity contribution is 7.99. The van der Waals surface area contributed by atoms with E-state index in [-0.39, 0.29) is 5.95 Å². The first-order valence-electron chi connectivity index (χ1n) is 8.98. The number of fused-ring (bicyclic) bond motifs is 1. The molecule has 2 aromatic heterocycles. The van der Waals surface area contributed by atoms with Gasteiger partial charge in [0.1, 0.15) is 5.76 Å². The Morgan fingerprint density at radius 1 is 1.17 bits per heavy atom. The van der Waals surface area contributed by atoms with Crippen molar-refractivity contribution in [1.82, 2.24) is 15.0 Å². The molecule has 0 bridgehead atoms.